The summed E-state index contributed by atoms with van der Waals surface area (Å²) < 4.78 is 48.1. The fourth-order valence-corrected chi connectivity index (χ4v) is 5.93. The quantitative estimate of drug-likeness (QED) is 0.366. The summed E-state index contributed by atoms with van der Waals surface area (Å²) in [5.74, 6) is -0.268. The number of benzene rings is 2. The molecule has 2 aromatic carbocycles. The number of carbonyl (C=O) groups is 2. The Hall–Kier alpha value is -3.82. The molecule has 7 nitrogen and oxygen atoms in total. The molecule has 2 aliphatic rings. The molecule has 1 saturated carbocycles. The van der Waals surface area contributed by atoms with Gasteiger partial charge in [0.05, 0.1) is 7.11 Å². The zero-order valence-corrected chi connectivity index (χ0v) is 23.3. The van der Waals surface area contributed by atoms with Gasteiger partial charge < -0.3 is 10.1 Å². The number of ether oxygens (including phenoxy) is 1. The minimum atomic E-state index is -4.61. The Morgan fingerprint density at radius 1 is 1.02 bits per heavy atom. The van der Waals surface area contributed by atoms with Gasteiger partial charge in [0.1, 0.15) is 18.3 Å². The van der Waals surface area contributed by atoms with Crippen molar-refractivity contribution in [2.45, 2.75) is 83.1 Å². The Morgan fingerprint density at radius 2 is 1.68 bits per heavy atom. The minimum Gasteiger partial charge on any atom is -0.497 e. The number of aromatic nitrogens is 2. The fourth-order valence-electron chi connectivity index (χ4n) is 5.93. The first kappa shape index (κ1) is 28.7. The van der Waals surface area contributed by atoms with Crippen molar-refractivity contribution in [2.75, 3.05) is 12.0 Å². The maximum Gasteiger partial charge on any atom is 0.435 e. The molecule has 10 heteroatoms. The Kier molecular flexibility index (Phi) is 8.37. The third kappa shape index (κ3) is 6.26. The molecule has 0 unspecified atom stereocenters. The summed E-state index contributed by atoms with van der Waals surface area (Å²) in [5, 5.41) is 7.03. The molecular weight excluding hydrogens is 533 g/mol. The van der Waals surface area contributed by atoms with Crippen LogP contribution in [0.2, 0.25) is 0 Å². The van der Waals surface area contributed by atoms with Gasteiger partial charge >= 0.3 is 6.18 Å². The molecule has 0 bridgehead atoms. The highest BCUT2D eigenvalue weighted by atomic mass is 19.4. The highest BCUT2D eigenvalue weighted by Gasteiger charge is 2.41. The number of aryl methyl sites for hydroxylation is 1. The highest BCUT2D eigenvalue weighted by Crippen LogP contribution is 2.36. The molecule has 0 spiro atoms. The molecule has 218 valence electrons. The lowest BCUT2D eigenvalue weighted by Gasteiger charge is -2.32. The van der Waals surface area contributed by atoms with Crippen molar-refractivity contribution in [1.82, 2.24) is 15.1 Å². The van der Waals surface area contributed by atoms with E-state index in [-0.39, 0.29) is 23.9 Å². The minimum absolute atomic E-state index is 0.00527. The number of rotatable bonds is 8. The molecule has 0 radical (unpaired) electrons. The van der Waals surface area contributed by atoms with Crippen LogP contribution in [0.4, 0.5) is 18.9 Å². The summed E-state index contributed by atoms with van der Waals surface area (Å²) >= 11 is 0. The topological polar surface area (TPSA) is 76.5 Å². The molecule has 2 aliphatic carbocycles. The number of halogens is 3. The number of hydrogen-bond donors (Lipinski definition) is 1. The van der Waals surface area contributed by atoms with Crippen LogP contribution in [0.25, 0.3) is 0 Å². The average Bonchev–Trinajstić information content (AvgIpc) is 3.60. The summed E-state index contributed by atoms with van der Waals surface area (Å²) in [5.41, 5.74) is 1.69. The van der Waals surface area contributed by atoms with E-state index in [0.717, 1.165) is 37.7 Å². The smallest absolute Gasteiger partial charge is 0.435 e. The van der Waals surface area contributed by atoms with Gasteiger partial charge in [-0.3, -0.25) is 19.2 Å². The van der Waals surface area contributed by atoms with Gasteiger partial charge in [-0.1, -0.05) is 42.7 Å². The van der Waals surface area contributed by atoms with E-state index in [1.54, 1.807) is 43.5 Å². The van der Waals surface area contributed by atoms with Crippen molar-refractivity contribution in [3.05, 3.63) is 76.6 Å². The SMILES string of the molecule is COc1ccc([C@H](C(=O)NC2CCCC2)N(C(=O)Cn2nc(C(F)(F)F)c3c2CCCC3)c2ccc(C)cc2)cc1. The van der Waals surface area contributed by atoms with Crippen LogP contribution in [0.3, 0.4) is 0 Å². The standard InChI is InChI=1S/C31H35F3N4O3/c1-20-11-15-23(16-12-20)38(27(39)19-37-26-10-6-5-9-25(26)29(36-37)31(32,33)34)28(21-13-17-24(41-2)18-14-21)30(40)35-22-7-3-4-8-22/h11-18,22,28H,3-10,19H2,1-2H3,(H,35,40)/t28-/m1/s1. The molecule has 2 amide bonds. The third-order valence-electron chi connectivity index (χ3n) is 8.03. The van der Waals surface area contributed by atoms with E-state index >= 15 is 0 Å². The monoisotopic (exact) mass is 568 g/mol. The second kappa shape index (κ2) is 12.0. The van der Waals surface area contributed by atoms with Crippen LogP contribution < -0.4 is 15.0 Å². The molecule has 1 fully saturated rings. The number of carbonyl (C=O) groups excluding carboxylic acids is 2. The predicted octanol–water partition coefficient (Wildman–Crippen LogP) is 5.93. The van der Waals surface area contributed by atoms with Crippen molar-refractivity contribution in [1.29, 1.82) is 0 Å². The number of anilines is 1. The maximum absolute atomic E-state index is 14.2. The lowest BCUT2D eigenvalue weighted by Crippen LogP contribution is -2.47. The second-order valence-corrected chi connectivity index (χ2v) is 10.9. The van der Waals surface area contributed by atoms with E-state index in [4.69, 9.17) is 4.74 Å². The van der Waals surface area contributed by atoms with Crippen molar-refractivity contribution >= 4 is 17.5 Å². The molecule has 0 aliphatic heterocycles. The molecular formula is C31H35F3N4O3. The van der Waals surface area contributed by atoms with Gasteiger partial charge in [0, 0.05) is 23.0 Å². The summed E-state index contributed by atoms with van der Waals surface area (Å²) in [7, 11) is 1.54. The van der Waals surface area contributed by atoms with Crippen LogP contribution >= 0.6 is 0 Å². The number of amides is 2. The van der Waals surface area contributed by atoms with Gasteiger partial charge in [0.15, 0.2) is 5.69 Å². The Labute approximate surface area is 237 Å². The van der Waals surface area contributed by atoms with Gasteiger partial charge in [0.25, 0.3) is 0 Å². The van der Waals surface area contributed by atoms with E-state index < -0.39 is 30.4 Å². The van der Waals surface area contributed by atoms with Crippen molar-refractivity contribution < 1.29 is 27.5 Å². The van der Waals surface area contributed by atoms with Gasteiger partial charge in [-0.15, -0.1) is 0 Å². The predicted molar refractivity (Wildman–Crippen MR) is 149 cm³/mol. The lowest BCUT2D eigenvalue weighted by molar-refractivity contribution is -0.142. The summed E-state index contributed by atoms with van der Waals surface area (Å²) in [6.45, 7) is 1.49. The number of methoxy groups -OCH3 is 1. The second-order valence-electron chi connectivity index (χ2n) is 10.9. The van der Waals surface area contributed by atoms with Crippen LogP contribution in [0.5, 0.6) is 5.75 Å². The average molecular weight is 569 g/mol. The van der Waals surface area contributed by atoms with Crippen LogP contribution in [0.1, 0.15) is 72.6 Å². The van der Waals surface area contributed by atoms with Gasteiger partial charge in [-0.25, -0.2) is 0 Å². The van der Waals surface area contributed by atoms with Crippen LogP contribution in [-0.4, -0.2) is 34.7 Å². The third-order valence-corrected chi connectivity index (χ3v) is 8.03. The van der Waals surface area contributed by atoms with Crippen LogP contribution in [0, 0.1) is 6.92 Å². The van der Waals surface area contributed by atoms with E-state index in [1.165, 1.54) is 9.58 Å². The fraction of sp³-hybridized carbons (Fsp3) is 0.452. The molecule has 1 N–H and O–H groups in total. The van der Waals surface area contributed by atoms with E-state index in [1.807, 2.05) is 19.1 Å². The molecule has 1 heterocycles. The zero-order valence-electron chi connectivity index (χ0n) is 23.3. The van der Waals surface area contributed by atoms with E-state index in [0.29, 0.717) is 35.5 Å². The van der Waals surface area contributed by atoms with Crippen molar-refractivity contribution in [2.24, 2.45) is 0 Å². The van der Waals surface area contributed by atoms with Crippen molar-refractivity contribution in [3.8, 4) is 5.75 Å². The summed E-state index contributed by atoms with van der Waals surface area (Å²) in [6, 6.07) is 13.1. The number of nitrogens with zero attached hydrogens (tertiary/aromatic N) is 3. The first-order valence-corrected chi connectivity index (χ1v) is 14.1. The Bertz CT molecular complexity index is 1380. The normalized spacial score (nSPS) is 16.2. The number of alkyl halides is 3. The highest BCUT2D eigenvalue weighted by molar-refractivity contribution is 6.01. The molecule has 41 heavy (non-hydrogen) atoms. The number of nitrogens with one attached hydrogen (secondary N) is 1. The first-order chi connectivity index (χ1) is 19.7. The maximum atomic E-state index is 14.2. The Balaban J connectivity index is 1.57. The summed E-state index contributed by atoms with van der Waals surface area (Å²) in [4.78, 5) is 29.6. The van der Waals surface area contributed by atoms with Crippen LogP contribution in [-0.2, 0) is 35.2 Å². The molecule has 3 aromatic rings. The Morgan fingerprint density at radius 3 is 2.32 bits per heavy atom. The van der Waals surface area contributed by atoms with Gasteiger partial charge in [-0.05, 0) is 75.3 Å². The zero-order chi connectivity index (χ0) is 29.1. The first-order valence-electron chi connectivity index (χ1n) is 14.1. The van der Waals surface area contributed by atoms with Crippen LogP contribution in [0.15, 0.2) is 48.5 Å². The van der Waals surface area contributed by atoms with Crippen molar-refractivity contribution in [3.63, 3.8) is 0 Å². The molecule has 1 atom stereocenters. The summed E-state index contributed by atoms with van der Waals surface area (Å²) in [6.07, 6.45) is 1.21. The number of hydrogen-bond acceptors (Lipinski definition) is 4. The molecule has 1 aromatic heterocycles. The van der Waals surface area contributed by atoms with Gasteiger partial charge in [0.2, 0.25) is 11.8 Å². The molecule has 5 rings (SSSR count). The largest absolute Gasteiger partial charge is 0.497 e. The number of fused-ring (bicyclic) bond motifs is 1. The van der Waals surface area contributed by atoms with Gasteiger partial charge in [-0.2, -0.15) is 18.3 Å². The van der Waals surface area contributed by atoms with E-state index in [2.05, 4.69) is 10.4 Å². The lowest BCUT2D eigenvalue weighted by atomic mass is 9.95. The van der Waals surface area contributed by atoms with E-state index in [9.17, 15) is 22.8 Å². The molecule has 0 saturated heterocycles.